The molecule has 0 aromatic heterocycles. The summed E-state index contributed by atoms with van der Waals surface area (Å²) in [5.74, 6) is 1.60. The molecular weight excluding hydrogens is 160 g/mol. The lowest BCUT2D eigenvalue weighted by Crippen LogP contribution is -2.36. The maximum absolute atomic E-state index is 2.39. The van der Waals surface area contributed by atoms with Gasteiger partial charge in [0.25, 0.3) is 0 Å². The predicted octanol–water partition coefficient (Wildman–Crippen LogP) is 1.75. The van der Waals surface area contributed by atoms with Crippen molar-refractivity contribution >= 4 is 0 Å². The maximum Gasteiger partial charge on any atom is 0.0466 e. The number of hydrazine groups is 1. The zero-order valence-electron chi connectivity index (χ0n) is 9.07. The molecule has 0 amide bonds. The number of nitrogens with zero attached hydrogens (tertiary/aromatic N) is 2. The molecule has 74 valence electrons. The van der Waals surface area contributed by atoms with E-state index in [2.05, 4.69) is 50.1 Å². The summed E-state index contributed by atoms with van der Waals surface area (Å²) in [6, 6.07) is 1.35. The Hall–Kier alpha value is -0.340. The summed E-state index contributed by atoms with van der Waals surface area (Å²) in [6.45, 7) is 4.66. The molecule has 0 spiro atoms. The summed E-state index contributed by atoms with van der Waals surface area (Å²) in [5.41, 5.74) is 0. The predicted molar refractivity (Wildman–Crippen MR) is 55.2 cm³/mol. The summed E-state index contributed by atoms with van der Waals surface area (Å²) < 4.78 is 0. The molecule has 0 aromatic carbocycles. The van der Waals surface area contributed by atoms with Gasteiger partial charge in [0.05, 0.1) is 0 Å². The summed E-state index contributed by atoms with van der Waals surface area (Å²) in [7, 11) is 4.39. The van der Waals surface area contributed by atoms with Gasteiger partial charge in [0.2, 0.25) is 0 Å². The van der Waals surface area contributed by atoms with E-state index in [9.17, 15) is 0 Å². The van der Waals surface area contributed by atoms with Crippen molar-refractivity contribution in [3.63, 3.8) is 0 Å². The number of rotatable bonds is 0. The number of fused-ring (bicyclic) bond motifs is 1. The highest BCUT2D eigenvalue weighted by Crippen LogP contribution is 2.36. The monoisotopic (exact) mass is 180 g/mol. The van der Waals surface area contributed by atoms with Gasteiger partial charge in [-0.3, -0.25) is 0 Å². The largest absolute Gasteiger partial charge is 0.241 e. The molecule has 0 bridgehead atoms. The van der Waals surface area contributed by atoms with Crippen molar-refractivity contribution in [3.8, 4) is 0 Å². The van der Waals surface area contributed by atoms with Crippen LogP contribution in [0.25, 0.3) is 0 Å². The lowest BCUT2D eigenvalue weighted by molar-refractivity contribution is 0.0425. The molecule has 0 saturated carbocycles. The molecular formula is C11H20N2. The fourth-order valence-electron chi connectivity index (χ4n) is 2.75. The molecule has 4 atom stereocenters. The summed E-state index contributed by atoms with van der Waals surface area (Å²) in [6.07, 6.45) is 6.10. The topological polar surface area (TPSA) is 6.48 Å². The highest BCUT2D eigenvalue weighted by Gasteiger charge is 2.41. The zero-order chi connectivity index (χ0) is 9.59. The van der Waals surface area contributed by atoms with Crippen LogP contribution < -0.4 is 0 Å². The van der Waals surface area contributed by atoms with Crippen LogP contribution in [0.4, 0.5) is 0 Å². The van der Waals surface area contributed by atoms with Crippen molar-refractivity contribution in [3.05, 3.63) is 12.2 Å². The van der Waals surface area contributed by atoms with Crippen molar-refractivity contribution in [1.29, 1.82) is 0 Å². The normalized spacial score (nSPS) is 46.8. The first-order chi connectivity index (χ1) is 6.11. The van der Waals surface area contributed by atoms with Crippen LogP contribution >= 0.6 is 0 Å². The Morgan fingerprint density at radius 1 is 1.08 bits per heavy atom. The highest BCUT2D eigenvalue weighted by molar-refractivity contribution is 5.09. The highest BCUT2D eigenvalue weighted by atomic mass is 15.6. The Labute approximate surface area is 81.2 Å². The Balaban J connectivity index is 2.22. The number of likely N-dealkylation sites (N-methyl/N-ethyl adjacent to an activating group) is 1. The van der Waals surface area contributed by atoms with E-state index in [1.807, 2.05) is 0 Å². The van der Waals surface area contributed by atoms with E-state index < -0.39 is 0 Å². The van der Waals surface area contributed by atoms with Gasteiger partial charge in [-0.25, -0.2) is 10.0 Å². The van der Waals surface area contributed by atoms with Crippen LogP contribution in [0, 0.1) is 11.8 Å². The van der Waals surface area contributed by atoms with Gasteiger partial charge in [-0.1, -0.05) is 19.1 Å². The second kappa shape index (κ2) is 3.10. The van der Waals surface area contributed by atoms with E-state index >= 15 is 0 Å². The average Bonchev–Trinajstić information content (AvgIpc) is 2.32. The number of allylic oxidation sites excluding steroid dienone is 1. The first-order valence-corrected chi connectivity index (χ1v) is 5.25. The van der Waals surface area contributed by atoms with Crippen LogP contribution in [0.3, 0.4) is 0 Å². The van der Waals surface area contributed by atoms with Gasteiger partial charge in [0, 0.05) is 26.2 Å². The second-order valence-corrected chi connectivity index (χ2v) is 4.64. The Kier molecular flexibility index (Phi) is 2.20. The van der Waals surface area contributed by atoms with Gasteiger partial charge in [0.1, 0.15) is 0 Å². The molecule has 13 heavy (non-hydrogen) atoms. The van der Waals surface area contributed by atoms with Gasteiger partial charge >= 0.3 is 0 Å². The van der Waals surface area contributed by atoms with Crippen LogP contribution in [-0.4, -0.2) is 36.2 Å². The molecule has 0 radical (unpaired) electrons. The van der Waals surface area contributed by atoms with Gasteiger partial charge < -0.3 is 0 Å². The smallest absolute Gasteiger partial charge is 0.0466 e. The van der Waals surface area contributed by atoms with E-state index in [4.69, 9.17) is 0 Å². The Bertz CT molecular complexity index is 224. The van der Waals surface area contributed by atoms with Gasteiger partial charge in [-0.2, -0.15) is 0 Å². The lowest BCUT2D eigenvalue weighted by Gasteiger charge is -2.27. The quantitative estimate of drug-likeness (QED) is 0.524. The van der Waals surface area contributed by atoms with E-state index in [0.717, 1.165) is 11.8 Å². The summed E-state index contributed by atoms with van der Waals surface area (Å²) >= 11 is 0. The minimum atomic E-state index is 0.649. The van der Waals surface area contributed by atoms with Gasteiger partial charge in [0.15, 0.2) is 0 Å². The summed E-state index contributed by atoms with van der Waals surface area (Å²) in [5, 5.41) is 4.75. The minimum Gasteiger partial charge on any atom is -0.241 e. The lowest BCUT2D eigenvalue weighted by atomic mass is 9.81. The first kappa shape index (κ1) is 9.22. The minimum absolute atomic E-state index is 0.649. The molecule has 1 aliphatic heterocycles. The fraction of sp³-hybridized carbons (Fsp3) is 0.818. The van der Waals surface area contributed by atoms with E-state index in [1.54, 1.807) is 0 Å². The Morgan fingerprint density at radius 3 is 2.46 bits per heavy atom. The molecule has 4 unspecified atom stereocenters. The van der Waals surface area contributed by atoms with Crippen molar-refractivity contribution in [2.75, 3.05) is 14.1 Å². The van der Waals surface area contributed by atoms with Gasteiger partial charge in [-0.15, -0.1) is 0 Å². The van der Waals surface area contributed by atoms with Crippen LogP contribution in [0.5, 0.6) is 0 Å². The molecule has 1 heterocycles. The first-order valence-electron chi connectivity index (χ1n) is 5.25. The van der Waals surface area contributed by atoms with Crippen LogP contribution in [-0.2, 0) is 0 Å². The second-order valence-electron chi connectivity index (χ2n) is 4.64. The molecule has 2 rings (SSSR count). The summed E-state index contributed by atoms with van der Waals surface area (Å²) in [4.78, 5) is 0. The number of hydrogen-bond acceptors (Lipinski definition) is 2. The number of hydrogen-bond donors (Lipinski definition) is 0. The standard InChI is InChI=1S/C11H20N2/c1-8-5-6-11-10(7-8)9(2)12(3)13(11)4/h5-6,8-11H,7H2,1-4H3. The fourth-order valence-corrected chi connectivity index (χ4v) is 2.75. The maximum atomic E-state index is 2.39. The molecule has 1 fully saturated rings. The third-order valence-electron chi connectivity index (χ3n) is 3.86. The SMILES string of the molecule is CC1C=CC2C(C1)C(C)N(C)N2C. The molecule has 1 saturated heterocycles. The zero-order valence-corrected chi connectivity index (χ0v) is 9.07. The molecule has 2 nitrogen and oxygen atoms in total. The Morgan fingerprint density at radius 2 is 1.77 bits per heavy atom. The van der Waals surface area contributed by atoms with Crippen molar-refractivity contribution in [2.24, 2.45) is 11.8 Å². The van der Waals surface area contributed by atoms with Crippen LogP contribution in [0.15, 0.2) is 12.2 Å². The van der Waals surface area contributed by atoms with Crippen LogP contribution in [0.1, 0.15) is 20.3 Å². The van der Waals surface area contributed by atoms with Crippen LogP contribution in [0.2, 0.25) is 0 Å². The molecule has 2 aliphatic rings. The van der Waals surface area contributed by atoms with E-state index in [1.165, 1.54) is 6.42 Å². The third-order valence-corrected chi connectivity index (χ3v) is 3.86. The average molecular weight is 180 g/mol. The molecule has 1 aliphatic carbocycles. The molecule has 2 heteroatoms. The third kappa shape index (κ3) is 1.32. The van der Waals surface area contributed by atoms with Crippen molar-refractivity contribution in [2.45, 2.75) is 32.4 Å². The van der Waals surface area contributed by atoms with Gasteiger partial charge in [-0.05, 0) is 25.2 Å². The molecule has 0 aromatic rings. The van der Waals surface area contributed by atoms with E-state index in [0.29, 0.717) is 12.1 Å². The molecule has 0 N–H and O–H groups in total. The van der Waals surface area contributed by atoms with Crippen molar-refractivity contribution in [1.82, 2.24) is 10.0 Å². The van der Waals surface area contributed by atoms with Crippen molar-refractivity contribution < 1.29 is 0 Å². The van der Waals surface area contributed by atoms with E-state index in [-0.39, 0.29) is 0 Å².